The third-order valence-electron chi connectivity index (χ3n) is 8.01. The van der Waals surface area contributed by atoms with Crippen molar-refractivity contribution in [1.29, 1.82) is 0 Å². The molecule has 5 aromatic carbocycles. The zero-order chi connectivity index (χ0) is 32.4. The molecule has 6 rings (SSSR count). The number of ether oxygens (including phenoxy) is 1. The van der Waals surface area contributed by atoms with Crippen LogP contribution < -0.4 is 4.74 Å². The van der Waals surface area contributed by atoms with Gasteiger partial charge in [0, 0.05) is 33.4 Å². The third-order valence-corrected chi connectivity index (χ3v) is 8.01. The fourth-order valence-corrected chi connectivity index (χ4v) is 5.64. The van der Waals surface area contributed by atoms with Crippen LogP contribution in [-0.4, -0.2) is 17.9 Å². The molecule has 228 valence electrons. The predicted molar refractivity (Wildman–Crippen MR) is 178 cm³/mol. The molecule has 0 aliphatic rings. The van der Waals surface area contributed by atoms with Crippen LogP contribution >= 0.6 is 0 Å². The number of pyridine rings is 1. The average Bonchev–Trinajstić information content (AvgIpc) is 3.08. The highest BCUT2D eigenvalue weighted by molar-refractivity contribution is 6.05. The van der Waals surface area contributed by atoms with Crippen molar-refractivity contribution >= 4 is 5.78 Å². The molecule has 3 nitrogen and oxygen atoms in total. The summed E-state index contributed by atoms with van der Waals surface area (Å²) in [5.74, 6) is 0.583. The lowest BCUT2D eigenvalue weighted by Crippen LogP contribution is -2.06. The SMILES string of the molecule is COc1ccc(-c2nc(-c3ccccc3)c(-c3ccc(C(C)=O)cc3)c(-c3ccc(C)cc3)c2-c2cccc(C(F)(F)F)c2)cc1. The molecule has 0 saturated carbocycles. The Kier molecular flexibility index (Phi) is 8.29. The number of hydrogen-bond donors (Lipinski definition) is 0. The highest BCUT2D eigenvalue weighted by Gasteiger charge is 2.32. The van der Waals surface area contributed by atoms with Crippen molar-refractivity contribution < 1.29 is 22.7 Å². The number of carbonyl (C=O) groups excluding carboxylic acids is 1. The number of benzene rings is 5. The highest BCUT2D eigenvalue weighted by atomic mass is 19.4. The first-order valence-corrected chi connectivity index (χ1v) is 14.8. The fourth-order valence-electron chi connectivity index (χ4n) is 5.64. The van der Waals surface area contributed by atoms with E-state index in [0.29, 0.717) is 33.8 Å². The normalized spacial score (nSPS) is 11.3. The molecule has 6 aromatic rings. The minimum Gasteiger partial charge on any atom is -0.497 e. The molecule has 0 spiro atoms. The third kappa shape index (κ3) is 6.07. The van der Waals surface area contributed by atoms with E-state index in [4.69, 9.17) is 9.72 Å². The van der Waals surface area contributed by atoms with Gasteiger partial charge in [-0.3, -0.25) is 4.79 Å². The molecular formula is C40H30F3NO2. The lowest BCUT2D eigenvalue weighted by atomic mass is 9.82. The van der Waals surface area contributed by atoms with E-state index in [9.17, 15) is 18.0 Å². The molecule has 0 aliphatic heterocycles. The molecule has 0 atom stereocenters. The van der Waals surface area contributed by atoms with E-state index in [0.717, 1.165) is 45.0 Å². The monoisotopic (exact) mass is 613 g/mol. The van der Waals surface area contributed by atoms with E-state index in [1.54, 1.807) is 25.3 Å². The van der Waals surface area contributed by atoms with Crippen LogP contribution in [0, 0.1) is 6.92 Å². The largest absolute Gasteiger partial charge is 0.497 e. The highest BCUT2D eigenvalue weighted by Crippen LogP contribution is 2.49. The van der Waals surface area contributed by atoms with Crippen molar-refractivity contribution in [2.45, 2.75) is 20.0 Å². The van der Waals surface area contributed by atoms with Crippen LogP contribution in [0.1, 0.15) is 28.4 Å². The summed E-state index contributed by atoms with van der Waals surface area (Å²) in [6.07, 6.45) is -4.54. The van der Waals surface area contributed by atoms with Gasteiger partial charge in [-0.1, -0.05) is 96.6 Å². The summed E-state index contributed by atoms with van der Waals surface area (Å²) in [6.45, 7) is 3.50. The summed E-state index contributed by atoms with van der Waals surface area (Å²) in [4.78, 5) is 17.5. The number of halogens is 3. The maximum Gasteiger partial charge on any atom is 0.416 e. The lowest BCUT2D eigenvalue weighted by molar-refractivity contribution is -0.137. The van der Waals surface area contributed by atoms with Crippen LogP contribution in [0.4, 0.5) is 13.2 Å². The summed E-state index contributed by atoms with van der Waals surface area (Å²) >= 11 is 0. The van der Waals surface area contributed by atoms with E-state index in [1.807, 2.05) is 97.9 Å². The number of nitrogens with zero attached hydrogens (tertiary/aromatic N) is 1. The van der Waals surface area contributed by atoms with Crippen LogP contribution in [0.3, 0.4) is 0 Å². The van der Waals surface area contributed by atoms with Crippen LogP contribution in [0.25, 0.3) is 55.9 Å². The first-order valence-electron chi connectivity index (χ1n) is 14.8. The van der Waals surface area contributed by atoms with Crippen LogP contribution in [0.15, 0.2) is 127 Å². The second-order valence-corrected chi connectivity index (χ2v) is 11.1. The average molecular weight is 614 g/mol. The van der Waals surface area contributed by atoms with Gasteiger partial charge in [0.1, 0.15) is 5.75 Å². The minimum atomic E-state index is -4.54. The van der Waals surface area contributed by atoms with E-state index in [1.165, 1.54) is 19.1 Å². The molecule has 0 fully saturated rings. The maximum atomic E-state index is 14.1. The molecule has 0 saturated heterocycles. The lowest BCUT2D eigenvalue weighted by Gasteiger charge is -2.24. The van der Waals surface area contributed by atoms with Crippen LogP contribution in [0.2, 0.25) is 0 Å². The Balaban J connectivity index is 1.82. The first-order chi connectivity index (χ1) is 22.1. The number of alkyl halides is 3. The molecule has 6 heteroatoms. The Labute approximate surface area is 266 Å². The van der Waals surface area contributed by atoms with Gasteiger partial charge < -0.3 is 4.74 Å². The Morgan fingerprint density at radius 3 is 1.72 bits per heavy atom. The Morgan fingerprint density at radius 2 is 1.13 bits per heavy atom. The molecule has 1 aromatic heterocycles. The second-order valence-electron chi connectivity index (χ2n) is 11.1. The standard InChI is InChI=1S/C40H30F3NO2/c1-25-12-14-28(15-13-25)35-36(29-18-16-27(17-19-29)26(2)45)38(30-8-5-4-6-9-30)44-39(31-20-22-34(46-3)23-21-31)37(35)32-10-7-11-33(24-32)40(41,42)43/h4-24H,1-3H3. The Bertz CT molecular complexity index is 2010. The predicted octanol–water partition coefficient (Wildman–Crippen LogP) is 11.0. The van der Waals surface area contributed by atoms with Crippen molar-refractivity contribution in [2.75, 3.05) is 7.11 Å². The number of rotatable bonds is 7. The molecule has 0 bridgehead atoms. The van der Waals surface area contributed by atoms with Crippen molar-refractivity contribution in [2.24, 2.45) is 0 Å². The summed E-state index contributed by atoms with van der Waals surface area (Å²) in [5.41, 5.74) is 7.62. The van der Waals surface area contributed by atoms with Gasteiger partial charge >= 0.3 is 6.18 Å². The topological polar surface area (TPSA) is 39.2 Å². The van der Waals surface area contributed by atoms with Crippen molar-refractivity contribution in [3.63, 3.8) is 0 Å². The van der Waals surface area contributed by atoms with Gasteiger partial charge in [-0.15, -0.1) is 0 Å². The second kappa shape index (κ2) is 12.5. The molecule has 0 aliphatic carbocycles. The summed E-state index contributed by atoms with van der Waals surface area (Å²) in [5, 5.41) is 0. The van der Waals surface area contributed by atoms with Crippen LogP contribution in [0.5, 0.6) is 5.75 Å². The van der Waals surface area contributed by atoms with Crippen molar-refractivity contribution in [1.82, 2.24) is 4.98 Å². The summed E-state index contributed by atoms with van der Waals surface area (Å²) < 4.78 is 47.8. The first kappa shape index (κ1) is 30.5. The van der Waals surface area contributed by atoms with Crippen molar-refractivity contribution in [3.05, 3.63) is 144 Å². The van der Waals surface area contributed by atoms with Crippen molar-refractivity contribution in [3.8, 4) is 61.6 Å². The van der Waals surface area contributed by atoms with Gasteiger partial charge in [-0.2, -0.15) is 13.2 Å². The number of ketones is 1. The van der Waals surface area contributed by atoms with Crippen LogP contribution in [-0.2, 0) is 6.18 Å². The zero-order valence-electron chi connectivity index (χ0n) is 25.5. The smallest absolute Gasteiger partial charge is 0.416 e. The number of carbonyl (C=O) groups is 1. The number of hydrogen-bond acceptors (Lipinski definition) is 3. The quantitative estimate of drug-likeness (QED) is 0.168. The number of Topliss-reactive ketones (excluding diaryl/α,β-unsaturated/α-hetero) is 1. The van der Waals surface area contributed by atoms with E-state index >= 15 is 0 Å². The molecular weight excluding hydrogens is 583 g/mol. The maximum absolute atomic E-state index is 14.1. The van der Waals surface area contributed by atoms with Gasteiger partial charge in [0.25, 0.3) is 0 Å². The molecule has 0 radical (unpaired) electrons. The van der Waals surface area contributed by atoms with Gasteiger partial charge in [0.05, 0.1) is 24.1 Å². The molecule has 0 amide bonds. The number of methoxy groups -OCH3 is 1. The van der Waals surface area contributed by atoms with E-state index in [2.05, 4.69) is 0 Å². The number of aromatic nitrogens is 1. The fraction of sp³-hybridized carbons (Fsp3) is 0.100. The number of aryl methyl sites for hydroxylation is 1. The summed E-state index contributed by atoms with van der Waals surface area (Å²) in [6, 6.07) is 37.7. The molecule has 1 heterocycles. The molecule has 0 unspecified atom stereocenters. The Hall–Kier alpha value is -5.49. The van der Waals surface area contributed by atoms with Gasteiger partial charge in [-0.05, 0) is 66.9 Å². The molecule has 46 heavy (non-hydrogen) atoms. The van der Waals surface area contributed by atoms with E-state index in [-0.39, 0.29) is 5.78 Å². The summed E-state index contributed by atoms with van der Waals surface area (Å²) in [7, 11) is 1.58. The molecule has 0 N–H and O–H groups in total. The minimum absolute atomic E-state index is 0.0637. The van der Waals surface area contributed by atoms with Gasteiger partial charge in [-0.25, -0.2) is 4.98 Å². The van der Waals surface area contributed by atoms with Gasteiger partial charge in [0.15, 0.2) is 5.78 Å². The zero-order valence-corrected chi connectivity index (χ0v) is 25.5. The van der Waals surface area contributed by atoms with Gasteiger partial charge in [0.2, 0.25) is 0 Å². The Morgan fingerprint density at radius 1 is 0.609 bits per heavy atom. The van der Waals surface area contributed by atoms with E-state index < -0.39 is 11.7 Å².